The van der Waals surface area contributed by atoms with Crippen LogP contribution in [0.1, 0.15) is 44.7 Å². The predicted molar refractivity (Wildman–Crippen MR) is 132 cm³/mol. The molecule has 1 fully saturated rings. The first-order valence-electron chi connectivity index (χ1n) is 12.0. The zero-order valence-corrected chi connectivity index (χ0v) is 20.6. The zero-order valence-electron chi connectivity index (χ0n) is 20.6. The quantitative estimate of drug-likeness (QED) is 0.537. The molecule has 0 aliphatic carbocycles. The molecule has 0 spiro atoms. The van der Waals surface area contributed by atoms with E-state index in [-0.39, 0.29) is 18.9 Å². The van der Waals surface area contributed by atoms with E-state index in [2.05, 4.69) is 10.6 Å². The minimum Gasteiger partial charge on any atom is -0.445 e. The summed E-state index contributed by atoms with van der Waals surface area (Å²) < 4.78 is 5.32. The highest BCUT2D eigenvalue weighted by Gasteiger charge is 2.40. The zero-order chi connectivity index (χ0) is 25.4. The Morgan fingerprint density at radius 2 is 1.63 bits per heavy atom. The van der Waals surface area contributed by atoms with Crippen LogP contribution in [-0.2, 0) is 27.4 Å². The van der Waals surface area contributed by atoms with E-state index in [9.17, 15) is 19.5 Å². The van der Waals surface area contributed by atoms with Gasteiger partial charge in [0.05, 0.1) is 6.04 Å². The molecule has 0 saturated carbocycles. The maximum atomic E-state index is 13.3. The van der Waals surface area contributed by atoms with Crippen LogP contribution in [0.25, 0.3) is 0 Å². The van der Waals surface area contributed by atoms with E-state index in [0.29, 0.717) is 19.4 Å². The number of alkyl carbamates (subject to hydrolysis) is 1. The summed E-state index contributed by atoms with van der Waals surface area (Å²) in [5.74, 6) is -0.828. The van der Waals surface area contributed by atoms with Crippen molar-refractivity contribution < 1.29 is 24.2 Å². The van der Waals surface area contributed by atoms with Crippen molar-refractivity contribution in [1.29, 1.82) is 0 Å². The normalized spacial score (nSPS) is 17.4. The van der Waals surface area contributed by atoms with Crippen LogP contribution in [0, 0.1) is 0 Å². The first-order chi connectivity index (χ1) is 16.6. The van der Waals surface area contributed by atoms with Gasteiger partial charge in [0.2, 0.25) is 5.91 Å². The third-order valence-corrected chi connectivity index (χ3v) is 5.79. The lowest BCUT2D eigenvalue weighted by atomic mass is 10.00. The molecule has 3 N–H and O–H groups in total. The predicted octanol–water partition coefficient (Wildman–Crippen LogP) is 2.79. The number of ether oxygens (including phenoxy) is 1. The lowest BCUT2D eigenvalue weighted by Gasteiger charge is -2.31. The average molecular weight is 482 g/mol. The summed E-state index contributed by atoms with van der Waals surface area (Å²) in [6.45, 7) is 6.07. The SMILES string of the molecule is CC(C)(C)NC(=O)[C@@H]1CCCN1C(=O)[C@H](O)[C@H](Cc1ccccc1)NC(=O)OCc1ccccc1. The van der Waals surface area contributed by atoms with Gasteiger partial charge in [-0.25, -0.2) is 4.79 Å². The second kappa shape index (κ2) is 11.8. The van der Waals surface area contributed by atoms with E-state index in [1.54, 1.807) is 0 Å². The van der Waals surface area contributed by atoms with Crippen LogP contribution < -0.4 is 10.6 Å². The Balaban J connectivity index is 1.71. The molecule has 0 unspecified atom stereocenters. The third kappa shape index (κ3) is 7.82. The van der Waals surface area contributed by atoms with Crippen molar-refractivity contribution in [3.05, 3.63) is 71.8 Å². The third-order valence-electron chi connectivity index (χ3n) is 5.79. The van der Waals surface area contributed by atoms with Crippen LogP contribution in [0.15, 0.2) is 60.7 Å². The second-order valence-corrected chi connectivity index (χ2v) is 9.88. The molecule has 0 aromatic heterocycles. The summed E-state index contributed by atoms with van der Waals surface area (Å²) in [4.78, 5) is 40.1. The van der Waals surface area contributed by atoms with Gasteiger partial charge in [-0.3, -0.25) is 9.59 Å². The van der Waals surface area contributed by atoms with Crippen LogP contribution in [0.5, 0.6) is 0 Å². The first kappa shape index (κ1) is 26.2. The molecular weight excluding hydrogens is 446 g/mol. The molecule has 1 saturated heterocycles. The van der Waals surface area contributed by atoms with Gasteiger partial charge in [0.1, 0.15) is 12.6 Å². The second-order valence-electron chi connectivity index (χ2n) is 9.88. The molecule has 0 bridgehead atoms. The Morgan fingerprint density at radius 1 is 1.03 bits per heavy atom. The fourth-order valence-corrected chi connectivity index (χ4v) is 4.12. The van der Waals surface area contributed by atoms with Crippen molar-refractivity contribution >= 4 is 17.9 Å². The summed E-state index contributed by atoms with van der Waals surface area (Å²) in [6, 6.07) is 16.9. The molecule has 188 valence electrons. The Hall–Kier alpha value is -3.39. The summed E-state index contributed by atoms with van der Waals surface area (Å²) in [6.07, 6.45) is -0.860. The average Bonchev–Trinajstić information content (AvgIpc) is 3.32. The topological polar surface area (TPSA) is 108 Å². The number of rotatable bonds is 8. The number of hydrogen-bond acceptors (Lipinski definition) is 5. The first-order valence-corrected chi connectivity index (χ1v) is 12.0. The van der Waals surface area contributed by atoms with Crippen molar-refractivity contribution in [3.63, 3.8) is 0 Å². The van der Waals surface area contributed by atoms with Crippen LogP contribution in [0.3, 0.4) is 0 Å². The Morgan fingerprint density at radius 3 is 2.23 bits per heavy atom. The van der Waals surface area contributed by atoms with Crippen molar-refractivity contribution in [2.75, 3.05) is 6.54 Å². The molecule has 1 aliphatic heterocycles. The number of likely N-dealkylation sites (tertiary alicyclic amines) is 1. The van der Waals surface area contributed by atoms with Gasteiger partial charge in [-0.1, -0.05) is 60.7 Å². The van der Waals surface area contributed by atoms with Crippen molar-refractivity contribution in [3.8, 4) is 0 Å². The molecule has 8 heteroatoms. The standard InChI is InChI=1S/C27H35N3O5/c1-27(2,3)29-24(32)22-15-10-16-30(22)25(33)23(31)21(17-19-11-6-4-7-12-19)28-26(34)35-18-20-13-8-5-9-14-20/h4-9,11-14,21-23,31H,10,15-18H2,1-3H3,(H,28,34)(H,29,32)/t21-,22-,23+/m0/s1. The van der Waals surface area contributed by atoms with E-state index < -0.39 is 35.7 Å². The minimum absolute atomic E-state index is 0.0654. The van der Waals surface area contributed by atoms with E-state index in [1.807, 2.05) is 81.4 Å². The van der Waals surface area contributed by atoms with E-state index in [0.717, 1.165) is 11.1 Å². The number of benzene rings is 2. The molecule has 35 heavy (non-hydrogen) atoms. The number of hydrogen-bond donors (Lipinski definition) is 3. The number of nitrogens with one attached hydrogen (secondary N) is 2. The Bertz CT molecular complexity index is 991. The van der Waals surface area contributed by atoms with E-state index in [4.69, 9.17) is 4.74 Å². The Labute approximate surface area is 206 Å². The van der Waals surface area contributed by atoms with E-state index >= 15 is 0 Å². The fraction of sp³-hybridized carbons (Fsp3) is 0.444. The number of aliphatic hydroxyl groups is 1. The van der Waals surface area contributed by atoms with Gasteiger partial charge in [-0.15, -0.1) is 0 Å². The molecule has 2 aromatic rings. The van der Waals surface area contributed by atoms with Gasteiger partial charge in [-0.05, 0) is 51.2 Å². The lowest BCUT2D eigenvalue weighted by molar-refractivity contribution is -0.146. The number of carbonyl (C=O) groups excluding carboxylic acids is 3. The highest BCUT2D eigenvalue weighted by atomic mass is 16.5. The molecule has 1 heterocycles. The molecule has 3 atom stereocenters. The molecule has 0 radical (unpaired) electrons. The van der Waals surface area contributed by atoms with Crippen LogP contribution in [0.4, 0.5) is 4.79 Å². The molecular formula is C27H35N3O5. The highest BCUT2D eigenvalue weighted by molar-refractivity contribution is 5.90. The van der Waals surface area contributed by atoms with Gasteiger partial charge < -0.3 is 25.4 Å². The summed E-state index contributed by atoms with van der Waals surface area (Å²) in [5.41, 5.74) is 1.23. The molecule has 3 rings (SSSR count). The van der Waals surface area contributed by atoms with Crippen LogP contribution in [0.2, 0.25) is 0 Å². The van der Waals surface area contributed by atoms with Gasteiger partial charge in [-0.2, -0.15) is 0 Å². The summed E-state index contributed by atoms with van der Waals surface area (Å²) in [7, 11) is 0. The number of amides is 3. The molecule has 1 aliphatic rings. The van der Waals surface area contributed by atoms with Gasteiger partial charge >= 0.3 is 6.09 Å². The van der Waals surface area contributed by atoms with Gasteiger partial charge in [0.25, 0.3) is 5.91 Å². The monoisotopic (exact) mass is 481 g/mol. The smallest absolute Gasteiger partial charge is 0.407 e. The largest absolute Gasteiger partial charge is 0.445 e. The minimum atomic E-state index is -1.54. The maximum Gasteiger partial charge on any atom is 0.407 e. The number of aliphatic hydroxyl groups excluding tert-OH is 1. The van der Waals surface area contributed by atoms with Gasteiger partial charge in [0, 0.05) is 12.1 Å². The summed E-state index contributed by atoms with van der Waals surface area (Å²) >= 11 is 0. The highest BCUT2D eigenvalue weighted by Crippen LogP contribution is 2.21. The molecule has 2 aromatic carbocycles. The van der Waals surface area contributed by atoms with Crippen molar-refractivity contribution in [2.24, 2.45) is 0 Å². The molecule has 8 nitrogen and oxygen atoms in total. The molecule has 3 amide bonds. The maximum absolute atomic E-state index is 13.3. The van der Waals surface area contributed by atoms with E-state index in [1.165, 1.54) is 4.90 Å². The Kier molecular flexibility index (Phi) is 8.87. The lowest BCUT2D eigenvalue weighted by Crippen LogP contribution is -2.57. The van der Waals surface area contributed by atoms with Gasteiger partial charge in [0.15, 0.2) is 6.10 Å². The van der Waals surface area contributed by atoms with Crippen LogP contribution >= 0.6 is 0 Å². The van der Waals surface area contributed by atoms with Crippen molar-refractivity contribution in [2.45, 2.75) is 70.4 Å². The fourth-order valence-electron chi connectivity index (χ4n) is 4.12. The number of carbonyl (C=O) groups is 3. The van der Waals surface area contributed by atoms with Crippen LogP contribution in [-0.4, -0.2) is 58.2 Å². The van der Waals surface area contributed by atoms with Crippen molar-refractivity contribution in [1.82, 2.24) is 15.5 Å². The summed E-state index contributed by atoms with van der Waals surface area (Å²) in [5, 5.41) is 16.6. The number of nitrogens with zero attached hydrogens (tertiary/aromatic N) is 1.